The van der Waals surface area contributed by atoms with Crippen LogP contribution >= 0.6 is 23.1 Å². The third kappa shape index (κ3) is 4.24. The number of hydrogen-bond donors (Lipinski definition) is 2. The molecule has 2 aromatic heterocycles. The van der Waals surface area contributed by atoms with Crippen LogP contribution in [0.1, 0.15) is 0 Å². The first-order chi connectivity index (χ1) is 13.3. The quantitative estimate of drug-likeness (QED) is 0.387. The van der Waals surface area contributed by atoms with Gasteiger partial charge in [0.05, 0.1) is 11.4 Å². The maximum atomic E-state index is 12.3. The van der Waals surface area contributed by atoms with Gasteiger partial charge in [-0.3, -0.25) is 4.79 Å². The molecule has 2 heterocycles. The van der Waals surface area contributed by atoms with Crippen molar-refractivity contribution < 1.29 is 9.48 Å². The second-order valence-electron chi connectivity index (χ2n) is 5.58. The standard InChI is InChI=1S/C19H15N5OS2/c25-17(23-18-22-16(11-26-18)14-7-3-1-4-8-14)12-27-19-20-13-21-24(19)15-9-5-2-6-10-15/h1-11,13H,12H2,(H,22,23,25)/p+1. The highest BCUT2D eigenvalue weighted by Crippen LogP contribution is 2.24. The molecule has 4 rings (SSSR count). The molecule has 0 fully saturated rings. The maximum absolute atomic E-state index is 12.3. The molecule has 2 N–H and O–H groups in total. The third-order valence-corrected chi connectivity index (χ3v) is 5.43. The molecule has 8 heteroatoms. The Morgan fingerprint density at radius 3 is 2.63 bits per heavy atom. The molecule has 6 nitrogen and oxygen atoms in total. The molecule has 0 saturated heterocycles. The molecular weight excluding hydrogens is 378 g/mol. The van der Waals surface area contributed by atoms with E-state index in [1.807, 2.05) is 70.7 Å². The van der Waals surface area contributed by atoms with Gasteiger partial charge in [-0.1, -0.05) is 48.5 Å². The minimum atomic E-state index is -0.114. The number of H-pyrrole nitrogens is 1. The van der Waals surface area contributed by atoms with Gasteiger partial charge in [0.25, 0.3) is 0 Å². The Balaban J connectivity index is 1.37. The van der Waals surface area contributed by atoms with E-state index in [1.165, 1.54) is 23.1 Å². The van der Waals surface area contributed by atoms with E-state index in [1.54, 1.807) is 6.33 Å². The number of nitrogens with one attached hydrogen (secondary N) is 2. The van der Waals surface area contributed by atoms with E-state index in [2.05, 4.69) is 20.4 Å². The van der Waals surface area contributed by atoms with Gasteiger partial charge in [-0.05, 0) is 28.9 Å². The van der Waals surface area contributed by atoms with Crippen LogP contribution in [0.3, 0.4) is 0 Å². The average Bonchev–Trinajstić information content (AvgIpc) is 3.37. The fraction of sp³-hybridized carbons (Fsp3) is 0.0526. The zero-order valence-electron chi connectivity index (χ0n) is 14.2. The lowest BCUT2D eigenvalue weighted by atomic mass is 10.2. The van der Waals surface area contributed by atoms with Crippen LogP contribution in [0.15, 0.2) is 77.5 Å². The predicted molar refractivity (Wildman–Crippen MR) is 107 cm³/mol. The van der Waals surface area contributed by atoms with Crippen LogP contribution in [0.4, 0.5) is 5.13 Å². The van der Waals surface area contributed by atoms with Gasteiger partial charge >= 0.3 is 5.16 Å². The maximum Gasteiger partial charge on any atom is 0.385 e. The van der Waals surface area contributed by atoms with Crippen molar-refractivity contribution in [1.82, 2.24) is 15.1 Å². The predicted octanol–water partition coefficient (Wildman–Crippen LogP) is 3.54. The summed E-state index contributed by atoms with van der Waals surface area (Å²) in [5, 5.41) is 9.17. The van der Waals surface area contributed by atoms with Crippen molar-refractivity contribution in [3.05, 3.63) is 72.4 Å². The average molecular weight is 395 g/mol. The van der Waals surface area contributed by atoms with Crippen molar-refractivity contribution >= 4 is 34.1 Å². The summed E-state index contributed by atoms with van der Waals surface area (Å²) in [6.07, 6.45) is 1.61. The molecule has 1 amide bonds. The largest absolute Gasteiger partial charge is 0.385 e. The number of amides is 1. The number of thioether (sulfide) groups is 1. The summed E-state index contributed by atoms with van der Waals surface area (Å²) >= 11 is 2.78. The van der Waals surface area contributed by atoms with Crippen LogP contribution in [0.25, 0.3) is 16.9 Å². The van der Waals surface area contributed by atoms with E-state index < -0.39 is 0 Å². The van der Waals surface area contributed by atoms with Gasteiger partial charge in [-0.2, -0.15) is 5.10 Å². The number of para-hydroxylation sites is 1. The van der Waals surface area contributed by atoms with Crippen molar-refractivity contribution in [3.63, 3.8) is 0 Å². The first kappa shape index (κ1) is 17.4. The fourth-order valence-electron chi connectivity index (χ4n) is 2.48. The molecule has 27 heavy (non-hydrogen) atoms. The Morgan fingerprint density at radius 1 is 1.11 bits per heavy atom. The number of rotatable bonds is 6. The highest BCUT2D eigenvalue weighted by molar-refractivity contribution is 7.99. The molecule has 2 aromatic carbocycles. The number of nitrogens with zero attached hydrogens (tertiary/aromatic N) is 3. The molecule has 134 valence electrons. The first-order valence-electron chi connectivity index (χ1n) is 8.24. The third-order valence-electron chi connectivity index (χ3n) is 3.72. The van der Waals surface area contributed by atoms with Crippen LogP contribution < -0.4 is 10.00 Å². The summed E-state index contributed by atoms with van der Waals surface area (Å²) in [6.45, 7) is 0. The van der Waals surface area contributed by atoms with Crippen molar-refractivity contribution in [2.45, 2.75) is 5.16 Å². The molecule has 0 bridgehead atoms. The molecule has 0 aliphatic rings. The number of carbonyl (C=O) groups is 1. The van der Waals surface area contributed by atoms with Gasteiger partial charge in [0, 0.05) is 10.9 Å². The summed E-state index contributed by atoms with van der Waals surface area (Å²) in [5.41, 5.74) is 2.85. The van der Waals surface area contributed by atoms with E-state index in [0.29, 0.717) is 5.13 Å². The Bertz CT molecular complexity index is 1030. The minimum absolute atomic E-state index is 0.114. The highest BCUT2D eigenvalue weighted by Gasteiger charge is 2.19. The molecular formula is C19H16N5OS2+. The number of hydrogen-bond acceptors (Lipinski definition) is 5. The number of anilines is 1. The van der Waals surface area contributed by atoms with E-state index in [9.17, 15) is 4.79 Å². The minimum Gasteiger partial charge on any atom is -0.301 e. The van der Waals surface area contributed by atoms with Crippen LogP contribution in [-0.4, -0.2) is 26.7 Å². The van der Waals surface area contributed by atoms with E-state index in [4.69, 9.17) is 0 Å². The summed E-state index contributed by atoms with van der Waals surface area (Å²) in [5.74, 6) is 0.134. The van der Waals surface area contributed by atoms with Crippen molar-refractivity contribution in [2.75, 3.05) is 11.1 Å². The molecule has 0 saturated carbocycles. The molecule has 0 aliphatic carbocycles. The zero-order valence-corrected chi connectivity index (χ0v) is 15.8. The number of aromatic nitrogens is 4. The molecule has 0 spiro atoms. The van der Waals surface area contributed by atoms with Crippen LogP contribution in [0, 0.1) is 0 Å². The van der Waals surface area contributed by atoms with E-state index in [0.717, 1.165) is 22.1 Å². The van der Waals surface area contributed by atoms with Gasteiger partial charge in [-0.15, -0.1) is 16.0 Å². The number of benzene rings is 2. The van der Waals surface area contributed by atoms with E-state index >= 15 is 0 Å². The lowest BCUT2D eigenvalue weighted by molar-refractivity contribution is -0.694. The van der Waals surface area contributed by atoms with Gasteiger partial charge < -0.3 is 5.32 Å². The lowest BCUT2D eigenvalue weighted by Gasteiger charge is -2.00. The first-order valence-corrected chi connectivity index (χ1v) is 10.1. The smallest absolute Gasteiger partial charge is 0.301 e. The summed E-state index contributed by atoms with van der Waals surface area (Å²) in [4.78, 5) is 21.1. The van der Waals surface area contributed by atoms with Crippen LogP contribution in [0.2, 0.25) is 0 Å². The molecule has 0 aliphatic heterocycles. The van der Waals surface area contributed by atoms with Crippen LogP contribution in [0.5, 0.6) is 0 Å². The van der Waals surface area contributed by atoms with Crippen molar-refractivity contribution in [1.29, 1.82) is 0 Å². The summed E-state index contributed by atoms with van der Waals surface area (Å²) in [6, 6.07) is 19.7. The summed E-state index contributed by atoms with van der Waals surface area (Å²) in [7, 11) is 0. The molecule has 0 atom stereocenters. The highest BCUT2D eigenvalue weighted by atomic mass is 32.2. The fourth-order valence-corrected chi connectivity index (χ4v) is 3.96. The Hall–Kier alpha value is -2.97. The molecule has 4 aromatic rings. The number of carbonyl (C=O) groups excluding carboxylic acids is 1. The second-order valence-corrected chi connectivity index (χ2v) is 7.38. The van der Waals surface area contributed by atoms with Crippen molar-refractivity contribution in [2.24, 2.45) is 0 Å². The Kier molecular flexibility index (Phi) is 5.27. The van der Waals surface area contributed by atoms with Crippen LogP contribution in [-0.2, 0) is 4.79 Å². The normalized spacial score (nSPS) is 10.7. The topological polar surface area (TPSA) is 74.6 Å². The Labute approximate surface area is 164 Å². The molecule has 0 radical (unpaired) electrons. The monoisotopic (exact) mass is 394 g/mol. The number of thiazole rings is 1. The SMILES string of the molecule is O=C(CSc1nc[nH][n+]1-c1ccccc1)Nc1nc(-c2ccccc2)cs1. The summed E-state index contributed by atoms with van der Waals surface area (Å²) < 4.78 is 1.84. The Morgan fingerprint density at radius 2 is 1.85 bits per heavy atom. The number of aromatic amines is 1. The van der Waals surface area contributed by atoms with E-state index in [-0.39, 0.29) is 11.7 Å². The van der Waals surface area contributed by atoms with Crippen molar-refractivity contribution in [3.8, 4) is 16.9 Å². The zero-order chi connectivity index (χ0) is 18.5. The second kappa shape index (κ2) is 8.15. The van der Waals surface area contributed by atoms with Gasteiger partial charge in [0.1, 0.15) is 0 Å². The van der Waals surface area contributed by atoms with Gasteiger partial charge in [0.2, 0.25) is 12.2 Å². The molecule has 0 unspecified atom stereocenters. The van der Waals surface area contributed by atoms with Gasteiger partial charge in [-0.25, -0.2) is 4.98 Å². The lowest BCUT2D eigenvalue weighted by Crippen LogP contribution is -2.35. The van der Waals surface area contributed by atoms with Gasteiger partial charge in [0.15, 0.2) is 10.8 Å².